The van der Waals surface area contributed by atoms with Gasteiger partial charge in [-0.15, -0.1) is 0 Å². The molecule has 0 bridgehead atoms. The molecule has 0 radical (unpaired) electrons. The SMILES string of the molecule is COc1ccc(-c2nn(-c3ccccc3)cc2CN2CCN(S(C)(=O)=O)CC2)cc1. The second-order valence-corrected chi connectivity index (χ2v) is 9.43. The van der Waals surface area contributed by atoms with Crippen LogP contribution < -0.4 is 4.74 Å². The normalized spacial score (nSPS) is 15.9. The van der Waals surface area contributed by atoms with Crippen LogP contribution in [-0.2, 0) is 16.6 Å². The van der Waals surface area contributed by atoms with Gasteiger partial charge < -0.3 is 4.74 Å². The average Bonchev–Trinajstić information content (AvgIpc) is 3.18. The number of hydrogen-bond donors (Lipinski definition) is 0. The number of piperazine rings is 1. The van der Waals surface area contributed by atoms with Crippen LogP contribution in [0.1, 0.15) is 5.56 Å². The predicted octanol–water partition coefficient (Wildman–Crippen LogP) is 2.63. The van der Waals surface area contributed by atoms with Crippen LogP contribution in [0.4, 0.5) is 0 Å². The molecule has 2 heterocycles. The molecular formula is C22H26N4O3S. The minimum atomic E-state index is -3.13. The molecule has 0 saturated carbocycles. The number of aromatic nitrogens is 2. The van der Waals surface area contributed by atoms with E-state index in [0.717, 1.165) is 28.3 Å². The Morgan fingerprint density at radius 1 is 0.967 bits per heavy atom. The van der Waals surface area contributed by atoms with Gasteiger partial charge in [-0.1, -0.05) is 18.2 Å². The molecule has 1 fully saturated rings. The Hall–Kier alpha value is -2.68. The monoisotopic (exact) mass is 426 g/mol. The van der Waals surface area contributed by atoms with Gasteiger partial charge in [0, 0.05) is 50.0 Å². The number of nitrogens with zero attached hydrogens (tertiary/aromatic N) is 4. The molecule has 158 valence electrons. The summed E-state index contributed by atoms with van der Waals surface area (Å²) in [5.41, 5.74) is 4.06. The molecule has 1 saturated heterocycles. The van der Waals surface area contributed by atoms with E-state index < -0.39 is 10.0 Å². The molecule has 0 amide bonds. The van der Waals surface area contributed by atoms with E-state index in [1.807, 2.05) is 59.3 Å². The largest absolute Gasteiger partial charge is 0.497 e. The number of hydrogen-bond acceptors (Lipinski definition) is 5. The Morgan fingerprint density at radius 2 is 1.63 bits per heavy atom. The van der Waals surface area contributed by atoms with Gasteiger partial charge in [-0.25, -0.2) is 13.1 Å². The van der Waals surface area contributed by atoms with Gasteiger partial charge in [0.25, 0.3) is 0 Å². The topological polar surface area (TPSA) is 67.7 Å². The number of rotatable bonds is 6. The number of ether oxygens (including phenoxy) is 1. The highest BCUT2D eigenvalue weighted by molar-refractivity contribution is 7.88. The third-order valence-electron chi connectivity index (χ3n) is 5.37. The first-order valence-corrected chi connectivity index (χ1v) is 11.7. The maximum Gasteiger partial charge on any atom is 0.211 e. The van der Waals surface area contributed by atoms with E-state index in [1.54, 1.807) is 11.4 Å². The highest BCUT2D eigenvalue weighted by Gasteiger charge is 2.24. The quantitative estimate of drug-likeness (QED) is 0.606. The van der Waals surface area contributed by atoms with Crippen LogP contribution in [0, 0.1) is 0 Å². The van der Waals surface area contributed by atoms with E-state index in [4.69, 9.17) is 9.84 Å². The molecule has 0 unspecified atom stereocenters. The molecule has 8 heteroatoms. The van der Waals surface area contributed by atoms with Crippen LogP contribution in [0.2, 0.25) is 0 Å². The van der Waals surface area contributed by atoms with Gasteiger partial charge in [-0.3, -0.25) is 4.90 Å². The molecule has 1 aromatic heterocycles. The van der Waals surface area contributed by atoms with Crippen molar-refractivity contribution in [2.75, 3.05) is 39.5 Å². The van der Waals surface area contributed by atoms with Gasteiger partial charge in [0.15, 0.2) is 0 Å². The lowest BCUT2D eigenvalue weighted by Gasteiger charge is -2.33. The van der Waals surface area contributed by atoms with Crippen LogP contribution in [0.5, 0.6) is 5.75 Å². The third-order valence-corrected chi connectivity index (χ3v) is 6.67. The first-order valence-electron chi connectivity index (χ1n) is 9.90. The smallest absolute Gasteiger partial charge is 0.211 e. The Balaban J connectivity index is 1.61. The summed E-state index contributed by atoms with van der Waals surface area (Å²) >= 11 is 0. The third kappa shape index (κ3) is 4.56. The van der Waals surface area contributed by atoms with Crippen LogP contribution in [0.3, 0.4) is 0 Å². The Morgan fingerprint density at radius 3 is 2.23 bits per heavy atom. The molecule has 3 aromatic rings. The number of sulfonamides is 1. The Bertz CT molecular complexity index is 1090. The molecule has 7 nitrogen and oxygen atoms in total. The fraction of sp³-hybridized carbons (Fsp3) is 0.318. The molecule has 0 aliphatic carbocycles. The predicted molar refractivity (Wildman–Crippen MR) is 117 cm³/mol. The van der Waals surface area contributed by atoms with Crippen molar-refractivity contribution in [1.29, 1.82) is 0 Å². The Kier molecular flexibility index (Phi) is 5.90. The summed E-state index contributed by atoms with van der Waals surface area (Å²) in [7, 11) is -1.48. The van der Waals surface area contributed by atoms with Gasteiger partial charge in [-0.2, -0.15) is 9.40 Å². The Labute approximate surface area is 177 Å². The maximum atomic E-state index is 11.8. The lowest BCUT2D eigenvalue weighted by molar-refractivity contribution is 0.182. The van der Waals surface area contributed by atoms with Gasteiger partial charge in [0.2, 0.25) is 10.0 Å². The average molecular weight is 427 g/mol. The van der Waals surface area contributed by atoms with E-state index in [0.29, 0.717) is 32.7 Å². The summed E-state index contributed by atoms with van der Waals surface area (Å²) in [5.74, 6) is 0.805. The molecule has 0 N–H and O–H groups in total. The van der Waals surface area contributed by atoms with E-state index in [1.165, 1.54) is 6.26 Å². The summed E-state index contributed by atoms with van der Waals surface area (Å²) in [6.45, 7) is 3.15. The van der Waals surface area contributed by atoms with E-state index in [-0.39, 0.29) is 0 Å². The lowest BCUT2D eigenvalue weighted by atomic mass is 10.1. The highest BCUT2D eigenvalue weighted by Crippen LogP contribution is 2.27. The van der Waals surface area contributed by atoms with E-state index >= 15 is 0 Å². The lowest BCUT2D eigenvalue weighted by Crippen LogP contribution is -2.47. The zero-order chi connectivity index (χ0) is 21.1. The minimum absolute atomic E-state index is 0.517. The van der Waals surface area contributed by atoms with Crippen molar-refractivity contribution in [1.82, 2.24) is 19.0 Å². The summed E-state index contributed by atoms with van der Waals surface area (Å²) in [4.78, 5) is 2.28. The fourth-order valence-electron chi connectivity index (χ4n) is 3.69. The minimum Gasteiger partial charge on any atom is -0.497 e. The zero-order valence-corrected chi connectivity index (χ0v) is 18.0. The van der Waals surface area contributed by atoms with Gasteiger partial charge >= 0.3 is 0 Å². The number of para-hydroxylation sites is 1. The standard InChI is InChI=1S/C22H26N4O3S/c1-29-21-10-8-18(9-11-21)22-19(17-26(23-22)20-6-4-3-5-7-20)16-24-12-14-25(15-13-24)30(2,27)28/h3-11,17H,12-16H2,1-2H3. The second kappa shape index (κ2) is 8.59. The van der Waals surface area contributed by atoms with Crippen molar-refractivity contribution in [2.45, 2.75) is 6.54 Å². The summed E-state index contributed by atoms with van der Waals surface area (Å²) in [6, 6.07) is 17.9. The molecule has 0 spiro atoms. The van der Waals surface area contributed by atoms with Crippen molar-refractivity contribution in [3.05, 3.63) is 66.4 Å². The van der Waals surface area contributed by atoms with Crippen molar-refractivity contribution in [3.63, 3.8) is 0 Å². The van der Waals surface area contributed by atoms with E-state index in [2.05, 4.69) is 11.1 Å². The van der Waals surface area contributed by atoms with Gasteiger partial charge in [-0.05, 0) is 36.4 Å². The van der Waals surface area contributed by atoms with Crippen molar-refractivity contribution in [3.8, 4) is 22.7 Å². The second-order valence-electron chi connectivity index (χ2n) is 7.45. The van der Waals surface area contributed by atoms with Crippen molar-refractivity contribution >= 4 is 10.0 Å². The summed E-state index contributed by atoms with van der Waals surface area (Å²) in [5, 5.41) is 4.87. The maximum absolute atomic E-state index is 11.8. The molecule has 2 aromatic carbocycles. The van der Waals surface area contributed by atoms with Gasteiger partial charge in [0.05, 0.1) is 24.7 Å². The van der Waals surface area contributed by atoms with E-state index in [9.17, 15) is 8.42 Å². The molecule has 1 aliphatic rings. The molecule has 4 rings (SSSR count). The molecule has 0 atom stereocenters. The summed E-state index contributed by atoms with van der Waals surface area (Å²) < 4.78 is 32.3. The zero-order valence-electron chi connectivity index (χ0n) is 17.2. The van der Waals surface area contributed by atoms with Crippen LogP contribution in [0.25, 0.3) is 16.9 Å². The number of methoxy groups -OCH3 is 1. The highest BCUT2D eigenvalue weighted by atomic mass is 32.2. The van der Waals surface area contributed by atoms with Crippen LogP contribution in [-0.4, -0.2) is 66.9 Å². The van der Waals surface area contributed by atoms with Crippen LogP contribution >= 0.6 is 0 Å². The molecule has 30 heavy (non-hydrogen) atoms. The fourth-order valence-corrected chi connectivity index (χ4v) is 4.52. The molecular weight excluding hydrogens is 400 g/mol. The van der Waals surface area contributed by atoms with Gasteiger partial charge in [0.1, 0.15) is 5.75 Å². The van der Waals surface area contributed by atoms with Crippen molar-refractivity contribution < 1.29 is 13.2 Å². The van der Waals surface area contributed by atoms with Crippen molar-refractivity contribution in [2.24, 2.45) is 0 Å². The first kappa shape index (κ1) is 20.6. The summed E-state index contributed by atoms with van der Waals surface area (Å²) in [6.07, 6.45) is 3.34. The number of benzene rings is 2. The molecule has 1 aliphatic heterocycles. The first-order chi connectivity index (χ1) is 14.4. The van der Waals surface area contributed by atoms with Crippen LogP contribution in [0.15, 0.2) is 60.8 Å².